The Morgan fingerprint density at radius 3 is 1.49 bits per heavy atom. The summed E-state index contributed by atoms with van der Waals surface area (Å²) in [5, 5.41) is 10.7. The maximum absolute atomic E-state index is 5.57. The molecule has 4 heterocycles. The molecular weight excluding hydrogens is 647 g/mol. The van der Waals surface area contributed by atoms with E-state index in [1.807, 2.05) is 0 Å². The first-order valence-electron chi connectivity index (χ1n) is 18.0. The minimum Gasteiger partial charge on any atom is -0.309 e. The number of hydrogen-bond donors (Lipinski definition) is 0. The molecule has 5 heteroatoms. The summed E-state index contributed by atoms with van der Waals surface area (Å²) in [6.45, 7) is 0. The van der Waals surface area contributed by atoms with Crippen molar-refractivity contribution >= 4 is 87.1 Å². The van der Waals surface area contributed by atoms with Crippen LogP contribution in [0.4, 0.5) is 0 Å². The van der Waals surface area contributed by atoms with Crippen molar-refractivity contribution in [1.82, 2.24) is 23.7 Å². The smallest absolute Gasteiger partial charge is 0.237 e. The van der Waals surface area contributed by atoms with Gasteiger partial charge in [0.05, 0.1) is 38.6 Å². The fraction of sp³-hybridized carbons (Fsp3) is 0. The number of aromatic nitrogens is 5. The number of rotatable bonds is 3. The molecule has 0 saturated carbocycles. The molecule has 0 aliphatic rings. The Morgan fingerprint density at radius 1 is 0.321 bits per heavy atom. The second kappa shape index (κ2) is 10.6. The molecule has 0 saturated heterocycles. The lowest BCUT2D eigenvalue weighted by atomic mass is 10.0. The lowest BCUT2D eigenvalue weighted by Crippen LogP contribution is -2.07. The minimum absolute atomic E-state index is 0.634. The first-order chi connectivity index (χ1) is 26.3. The van der Waals surface area contributed by atoms with Crippen molar-refractivity contribution in [3.05, 3.63) is 176 Å². The van der Waals surface area contributed by atoms with Crippen LogP contribution >= 0.6 is 0 Å². The summed E-state index contributed by atoms with van der Waals surface area (Å²) in [6.07, 6.45) is 0. The molecular formula is C48H29N5. The van der Waals surface area contributed by atoms with E-state index in [4.69, 9.17) is 9.97 Å². The van der Waals surface area contributed by atoms with Gasteiger partial charge in [-0.25, -0.2) is 4.98 Å². The summed E-state index contributed by atoms with van der Waals surface area (Å²) in [7, 11) is 0. The molecule has 0 unspecified atom stereocenters. The van der Waals surface area contributed by atoms with Crippen molar-refractivity contribution < 1.29 is 0 Å². The third-order valence-corrected chi connectivity index (χ3v) is 11.0. The maximum atomic E-state index is 5.57. The van der Waals surface area contributed by atoms with E-state index in [0.29, 0.717) is 5.95 Å². The van der Waals surface area contributed by atoms with E-state index in [1.54, 1.807) is 0 Å². The van der Waals surface area contributed by atoms with E-state index in [1.165, 1.54) is 48.7 Å². The molecule has 5 nitrogen and oxygen atoms in total. The summed E-state index contributed by atoms with van der Waals surface area (Å²) in [5.74, 6) is 1.49. The van der Waals surface area contributed by atoms with Crippen LogP contribution in [0.3, 0.4) is 0 Å². The molecule has 12 aromatic rings. The van der Waals surface area contributed by atoms with E-state index >= 15 is 0 Å². The average molecular weight is 676 g/mol. The van der Waals surface area contributed by atoms with Crippen LogP contribution in [0.1, 0.15) is 0 Å². The summed E-state index contributed by atoms with van der Waals surface area (Å²) in [4.78, 5) is 10.9. The van der Waals surface area contributed by atoms with Crippen molar-refractivity contribution in [3.8, 4) is 17.5 Å². The highest BCUT2D eigenvalue weighted by molar-refractivity contribution is 6.22. The molecule has 0 fully saturated rings. The number of nitrogens with zero attached hydrogens (tertiary/aromatic N) is 5. The summed E-state index contributed by atoms with van der Waals surface area (Å²) in [6, 6.07) is 62.9. The number of benzene rings is 8. The van der Waals surface area contributed by atoms with Gasteiger partial charge < -0.3 is 4.57 Å². The Labute approximate surface area is 303 Å². The summed E-state index contributed by atoms with van der Waals surface area (Å²) >= 11 is 0. The quantitative estimate of drug-likeness (QED) is 0.187. The topological polar surface area (TPSA) is 40.6 Å². The van der Waals surface area contributed by atoms with Crippen molar-refractivity contribution in [3.63, 3.8) is 0 Å². The van der Waals surface area contributed by atoms with Gasteiger partial charge in [-0.1, -0.05) is 121 Å². The van der Waals surface area contributed by atoms with E-state index in [2.05, 4.69) is 190 Å². The lowest BCUT2D eigenvalue weighted by molar-refractivity contribution is 0.972. The van der Waals surface area contributed by atoms with Gasteiger partial charge >= 0.3 is 0 Å². The van der Waals surface area contributed by atoms with E-state index < -0.39 is 0 Å². The van der Waals surface area contributed by atoms with Gasteiger partial charge in [0, 0.05) is 43.4 Å². The Balaban J connectivity index is 1.23. The van der Waals surface area contributed by atoms with E-state index in [9.17, 15) is 0 Å². The van der Waals surface area contributed by atoms with Gasteiger partial charge in [-0.05, 0) is 65.4 Å². The summed E-state index contributed by atoms with van der Waals surface area (Å²) in [5.41, 5.74) is 8.69. The SMILES string of the molecule is c1ccc2c(c1)ccc1c2c2ccc(-n3c4ccccc4c4ccccc43)cc2n1-c1nc(-n2c3ccccc3c3ccccc32)c2ccccc2n1. The molecule has 0 bridgehead atoms. The van der Waals surface area contributed by atoms with Crippen LogP contribution in [0.5, 0.6) is 0 Å². The van der Waals surface area contributed by atoms with Gasteiger partial charge in [-0.15, -0.1) is 0 Å². The first-order valence-corrected chi connectivity index (χ1v) is 18.0. The number of fused-ring (bicyclic) bond motifs is 12. The molecule has 0 atom stereocenters. The van der Waals surface area contributed by atoms with Gasteiger partial charge in [-0.3, -0.25) is 9.13 Å². The van der Waals surface area contributed by atoms with Crippen molar-refractivity contribution in [2.45, 2.75) is 0 Å². The van der Waals surface area contributed by atoms with Gasteiger partial charge in [0.1, 0.15) is 0 Å². The number of hydrogen-bond acceptors (Lipinski definition) is 2. The molecule has 8 aromatic carbocycles. The van der Waals surface area contributed by atoms with Crippen LogP contribution in [0.15, 0.2) is 176 Å². The highest BCUT2D eigenvalue weighted by Crippen LogP contribution is 2.40. The van der Waals surface area contributed by atoms with Crippen LogP contribution in [0, 0.1) is 0 Å². The molecule has 0 radical (unpaired) electrons. The normalized spacial score (nSPS) is 12.2. The highest BCUT2D eigenvalue weighted by Gasteiger charge is 2.22. The predicted octanol–water partition coefficient (Wildman–Crippen LogP) is 12.1. The van der Waals surface area contributed by atoms with Crippen LogP contribution in [-0.4, -0.2) is 23.7 Å². The van der Waals surface area contributed by atoms with E-state index in [0.717, 1.165) is 49.9 Å². The predicted molar refractivity (Wildman–Crippen MR) is 220 cm³/mol. The molecule has 0 aliphatic heterocycles. The Morgan fingerprint density at radius 2 is 0.849 bits per heavy atom. The third-order valence-electron chi connectivity index (χ3n) is 11.0. The molecule has 53 heavy (non-hydrogen) atoms. The molecule has 0 spiro atoms. The van der Waals surface area contributed by atoms with Gasteiger partial charge in [0.15, 0.2) is 5.82 Å². The van der Waals surface area contributed by atoms with Crippen molar-refractivity contribution in [1.29, 1.82) is 0 Å². The molecule has 12 rings (SSSR count). The van der Waals surface area contributed by atoms with Gasteiger partial charge in [-0.2, -0.15) is 4.98 Å². The lowest BCUT2D eigenvalue weighted by Gasteiger charge is -2.14. The zero-order valence-corrected chi connectivity index (χ0v) is 28.5. The van der Waals surface area contributed by atoms with Crippen LogP contribution in [0.25, 0.3) is 105 Å². The minimum atomic E-state index is 0.634. The Bertz CT molecular complexity index is 3360. The zero-order chi connectivity index (χ0) is 34.6. The first kappa shape index (κ1) is 28.5. The summed E-state index contributed by atoms with van der Waals surface area (Å²) < 4.78 is 6.97. The monoisotopic (exact) mass is 675 g/mol. The van der Waals surface area contributed by atoms with E-state index in [-0.39, 0.29) is 0 Å². The highest BCUT2D eigenvalue weighted by atomic mass is 15.2. The van der Waals surface area contributed by atoms with Gasteiger partial charge in [0.2, 0.25) is 5.95 Å². The van der Waals surface area contributed by atoms with Crippen LogP contribution in [-0.2, 0) is 0 Å². The second-order valence-corrected chi connectivity index (χ2v) is 13.8. The van der Waals surface area contributed by atoms with Crippen LogP contribution < -0.4 is 0 Å². The fourth-order valence-electron chi connectivity index (χ4n) is 8.80. The van der Waals surface area contributed by atoms with Gasteiger partial charge in [0.25, 0.3) is 0 Å². The van der Waals surface area contributed by atoms with Crippen molar-refractivity contribution in [2.75, 3.05) is 0 Å². The third kappa shape index (κ3) is 3.91. The molecule has 4 aromatic heterocycles. The molecule has 0 amide bonds. The number of para-hydroxylation sites is 5. The Kier molecular flexibility index (Phi) is 5.71. The fourth-order valence-corrected chi connectivity index (χ4v) is 8.80. The zero-order valence-electron chi connectivity index (χ0n) is 28.5. The molecule has 0 N–H and O–H groups in total. The van der Waals surface area contributed by atoms with Crippen molar-refractivity contribution in [2.24, 2.45) is 0 Å². The molecule has 246 valence electrons. The maximum Gasteiger partial charge on any atom is 0.237 e. The average Bonchev–Trinajstić information content (AvgIpc) is 3.86. The van der Waals surface area contributed by atoms with Crippen LogP contribution in [0.2, 0.25) is 0 Å². The largest absolute Gasteiger partial charge is 0.309 e. The Hall–Kier alpha value is -7.24. The second-order valence-electron chi connectivity index (χ2n) is 13.8. The molecule has 0 aliphatic carbocycles. The standard InChI is InChI=1S/C48H29N5/c1-2-14-32-30(13-1)25-28-44-46(32)38-27-26-31(51-40-21-9-4-15-33(40)34-16-5-10-22-41(34)51)29-45(38)53(44)48-49-39-20-8-3-19-37(39)47(50-48)52-42-23-11-6-17-35(42)36-18-7-12-24-43(36)52/h1-29H.